The molecular formula is C13H28N2O2S. The molecule has 1 rings (SSSR count). The highest BCUT2D eigenvalue weighted by Crippen LogP contribution is 2.21. The van der Waals surface area contributed by atoms with Crippen LogP contribution in [0.1, 0.15) is 40.0 Å². The van der Waals surface area contributed by atoms with Crippen LogP contribution in [0, 0.1) is 5.41 Å². The van der Waals surface area contributed by atoms with Gasteiger partial charge in [-0.05, 0) is 37.8 Å². The fourth-order valence-corrected chi connectivity index (χ4v) is 3.76. The molecule has 1 aliphatic heterocycles. The van der Waals surface area contributed by atoms with Crippen LogP contribution >= 0.6 is 0 Å². The van der Waals surface area contributed by atoms with E-state index in [9.17, 15) is 8.42 Å². The Labute approximate surface area is 112 Å². The third kappa shape index (κ3) is 6.71. The summed E-state index contributed by atoms with van der Waals surface area (Å²) in [6.45, 7) is 9.08. The van der Waals surface area contributed by atoms with Gasteiger partial charge in [0.05, 0.1) is 11.5 Å². The molecule has 0 aromatic rings. The summed E-state index contributed by atoms with van der Waals surface area (Å²) in [5, 5.41) is 0. The van der Waals surface area contributed by atoms with Crippen LogP contribution in [0.15, 0.2) is 0 Å². The number of nitrogens with zero attached hydrogens (tertiary/aromatic N) is 1. The van der Waals surface area contributed by atoms with E-state index in [-0.39, 0.29) is 11.5 Å². The van der Waals surface area contributed by atoms with Crippen molar-refractivity contribution in [1.82, 2.24) is 4.90 Å². The van der Waals surface area contributed by atoms with Crippen LogP contribution < -0.4 is 5.73 Å². The largest absolute Gasteiger partial charge is 0.328 e. The predicted octanol–water partition coefficient (Wildman–Crippen LogP) is 1.26. The van der Waals surface area contributed by atoms with Crippen LogP contribution in [0.5, 0.6) is 0 Å². The Morgan fingerprint density at radius 3 is 2.50 bits per heavy atom. The van der Waals surface area contributed by atoms with Crippen LogP contribution in [0.4, 0.5) is 0 Å². The molecule has 0 spiro atoms. The fraction of sp³-hybridized carbons (Fsp3) is 1.00. The Morgan fingerprint density at radius 1 is 1.22 bits per heavy atom. The molecule has 1 unspecified atom stereocenters. The van der Waals surface area contributed by atoms with Crippen molar-refractivity contribution in [3.8, 4) is 0 Å². The number of rotatable bonds is 4. The number of sulfone groups is 1. The first-order chi connectivity index (χ1) is 8.18. The lowest BCUT2D eigenvalue weighted by molar-refractivity contribution is 0.261. The van der Waals surface area contributed by atoms with Crippen molar-refractivity contribution in [2.75, 3.05) is 31.1 Å². The third-order valence-electron chi connectivity index (χ3n) is 3.34. The first-order valence-electron chi connectivity index (χ1n) is 6.86. The van der Waals surface area contributed by atoms with E-state index < -0.39 is 9.84 Å². The van der Waals surface area contributed by atoms with E-state index in [0.29, 0.717) is 18.1 Å². The van der Waals surface area contributed by atoms with Crippen molar-refractivity contribution in [1.29, 1.82) is 0 Å². The minimum Gasteiger partial charge on any atom is -0.328 e. The molecule has 0 radical (unpaired) electrons. The molecule has 1 fully saturated rings. The maximum Gasteiger partial charge on any atom is 0.151 e. The molecule has 1 heterocycles. The summed E-state index contributed by atoms with van der Waals surface area (Å²) in [6.07, 6.45) is 2.73. The van der Waals surface area contributed by atoms with Gasteiger partial charge >= 0.3 is 0 Å². The second-order valence-corrected chi connectivity index (χ2v) is 8.96. The monoisotopic (exact) mass is 276 g/mol. The highest BCUT2D eigenvalue weighted by Gasteiger charge is 2.20. The Hall–Kier alpha value is -0.130. The van der Waals surface area contributed by atoms with Gasteiger partial charge in [0.2, 0.25) is 0 Å². The van der Waals surface area contributed by atoms with E-state index in [2.05, 4.69) is 25.7 Å². The Kier molecular flexibility index (Phi) is 5.62. The average Bonchev–Trinajstić information content (AvgIpc) is 2.34. The SMILES string of the molecule is CC(C)(C)CC(N)CCN1CCCS(=O)(=O)CC1. The second kappa shape index (κ2) is 6.35. The zero-order chi connectivity index (χ0) is 13.8. The molecule has 0 aromatic carbocycles. The normalized spacial score (nSPS) is 23.6. The molecule has 0 saturated carbocycles. The van der Waals surface area contributed by atoms with E-state index in [1.807, 2.05) is 0 Å². The van der Waals surface area contributed by atoms with E-state index in [0.717, 1.165) is 32.4 Å². The summed E-state index contributed by atoms with van der Waals surface area (Å²) in [4.78, 5) is 2.24. The van der Waals surface area contributed by atoms with Crippen molar-refractivity contribution in [3.63, 3.8) is 0 Å². The minimum atomic E-state index is -2.79. The van der Waals surface area contributed by atoms with Gasteiger partial charge in [0.15, 0.2) is 9.84 Å². The molecule has 0 amide bonds. The van der Waals surface area contributed by atoms with E-state index in [1.54, 1.807) is 0 Å². The van der Waals surface area contributed by atoms with Gasteiger partial charge in [0, 0.05) is 12.6 Å². The van der Waals surface area contributed by atoms with Gasteiger partial charge in [-0.1, -0.05) is 20.8 Å². The van der Waals surface area contributed by atoms with Crippen molar-refractivity contribution < 1.29 is 8.42 Å². The molecule has 0 aliphatic carbocycles. The predicted molar refractivity (Wildman–Crippen MR) is 76.4 cm³/mol. The summed E-state index contributed by atoms with van der Waals surface area (Å²) in [7, 11) is -2.79. The molecule has 1 saturated heterocycles. The lowest BCUT2D eigenvalue weighted by atomic mass is 9.87. The van der Waals surface area contributed by atoms with Crippen molar-refractivity contribution >= 4 is 9.84 Å². The lowest BCUT2D eigenvalue weighted by Crippen LogP contribution is -2.34. The summed E-state index contributed by atoms with van der Waals surface area (Å²) >= 11 is 0. The zero-order valence-electron chi connectivity index (χ0n) is 12.0. The van der Waals surface area contributed by atoms with Crippen LogP contribution in [0.2, 0.25) is 0 Å². The molecule has 5 heteroatoms. The summed E-state index contributed by atoms with van der Waals surface area (Å²) in [5.74, 6) is 0.652. The number of nitrogens with two attached hydrogens (primary N) is 1. The van der Waals surface area contributed by atoms with Gasteiger partial charge in [-0.15, -0.1) is 0 Å². The Balaban J connectivity index is 2.31. The van der Waals surface area contributed by atoms with Crippen LogP contribution in [0.3, 0.4) is 0 Å². The highest BCUT2D eigenvalue weighted by atomic mass is 32.2. The molecule has 0 bridgehead atoms. The minimum absolute atomic E-state index is 0.213. The van der Waals surface area contributed by atoms with E-state index >= 15 is 0 Å². The quantitative estimate of drug-likeness (QED) is 0.839. The topological polar surface area (TPSA) is 63.4 Å². The van der Waals surface area contributed by atoms with Crippen LogP contribution in [-0.4, -0.2) is 50.5 Å². The highest BCUT2D eigenvalue weighted by molar-refractivity contribution is 7.91. The summed E-state index contributed by atoms with van der Waals surface area (Å²) in [6, 6.07) is 0.213. The summed E-state index contributed by atoms with van der Waals surface area (Å²) < 4.78 is 23.0. The first-order valence-corrected chi connectivity index (χ1v) is 8.68. The van der Waals surface area contributed by atoms with Gasteiger partial charge in [0.25, 0.3) is 0 Å². The number of hydrogen-bond donors (Lipinski definition) is 1. The standard InChI is InChI=1S/C13H28N2O2S/c1-13(2,3)11-12(14)5-7-15-6-4-9-18(16,17)10-8-15/h12H,4-11,14H2,1-3H3. The molecule has 2 N–H and O–H groups in total. The van der Waals surface area contributed by atoms with Crippen molar-refractivity contribution in [3.05, 3.63) is 0 Å². The lowest BCUT2D eigenvalue weighted by Gasteiger charge is -2.26. The smallest absolute Gasteiger partial charge is 0.151 e. The average molecular weight is 276 g/mol. The maximum atomic E-state index is 11.5. The molecular weight excluding hydrogens is 248 g/mol. The molecule has 18 heavy (non-hydrogen) atoms. The fourth-order valence-electron chi connectivity index (χ4n) is 2.45. The van der Waals surface area contributed by atoms with Gasteiger partial charge in [-0.3, -0.25) is 0 Å². The Bertz CT molecular complexity index is 346. The van der Waals surface area contributed by atoms with Crippen LogP contribution in [-0.2, 0) is 9.84 Å². The van der Waals surface area contributed by atoms with Gasteiger partial charge < -0.3 is 10.6 Å². The van der Waals surface area contributed by atoms with Crippen LogP contribution in [0.25, 0.3) is 0 Å². The molecule has 4 nitrogen and oxygen atoms in total. The van der Waals surface area contributed by atoms with Gasteiger partial charge in [-0.2, -0.15) is 0 Å². The first kappa shape index (κ1) is 15.9. The van der Waals surface area contributed by atoms with E-state index in [1.165, 1.54) is 0 Å². The van der Waals surface area contributed by atoms with Gasteiger partial charge in [-0.25, -0.2) is 8.42 Å². The summed E-state index contributed by atoms with van der Waals surface area (Å²) in [5.41, 5.74) is 6.39. The third-order valence-corrected chi connectivity index (χ3v) is 5.05. The van der Waals surface area contributed by atoms with Crippen molar-refractivity contribution in [2.24, 2.45) is 11.1 Å². The molecule has 1 aliphatic rings. The van der Waals surface area contributed by atoms with Gasteiger partial charge in [0.1, 0.15) is 0 Å². The molecule has 0 aromatic heterocycles. The Morgan fingerprint density at radius 2 is 1.89 bits per heavy atom. The van der Waals surface area contributed by atoms with Crippen molar-refractivity contribution in [2.45, 2.75) is 46.1 Å². The van der Waals surface area contributed by atoms with E-state index in [4.69, 9.17) is 5.73 Å². The molecule has 108 valence electrons. The number of hydrogen-bond acceptors (Lipinski definition) is 4. The zero-order valence-corrected chi connectivity index (χ0v) is 12.8. The second-order valence-electron chi connectivity index (χ2n) is 6.66. The molecule has 1 atom stereocenters. The maximum absolute atomic E-state index is 11.5.